The first-order valence-electron chi connectivity index (χ1n) is 9.73. The maximum absolute atomic E-state index is 12.4. The molecule has 3 rings (SSSR count). The molecule has 2 aromatic carbocycles. The predicted molar refractivity (Wildman–Crippen MR) is 112 cm³/mol. The zero-order chi connectivity index (χ0) is 19.6. The van der Waals surface area contributed by atoms with Crippen molar-refractivity contribution >= 4 is 18.2 Å². The van der Waals surface area contributed by atoms with Crippen molar-refractivity contribution < 1.29 is 14.3 Å². The summed E-state index contributed by atoms with van der Waals surface area (Å²) in [4.78, 5) is 12.4. The molecule has 5 nitrogen and oxygen atoms in total. The first kappa shape index (κ1) is 19.7. The molecule has 1 amide bonds. The number of nitrogens with one attached hydrogen (secondary N) is 1. The van der Waals surface area contributed by atoms with Crippen molar-refractivity contribution in [2.75, 3.05) is 6.61 Å². The number of benzene rings is 2. The summed E-state index contributed by atoms with van der Waals surface area (Å²) in [5, 5.41) is 4.15. The number of hydrogen-bond donors (Lipinski definition) is 1. The van der Waals surface area contributed by atoms with Crippen LogP contribution in [0.3, 0.4) is 0 Å². The summed E-state index contributed by atoms with van der Waals surface area (Å²) >= 11 is 0. The maximum atomic E-state index is 12.4. The molecule has 1 aliphatic heterocycles. The predicted octanol–water partition coefficient (Wildman–Crippen LogP) is 4.59. The van der Waals surface area contributed by atoms with Gasteiger partial charge in [0.15, 0.2) is 11.5 Å². The third kappa shape index (κ3) is 5.71. The standard InChI is InChI=1S/C23H26N2O3/c1-2-3-5-12-19(15-18-10-6-4-7-11-18)16-24-25-23(26)22-17-27-20-13-8-9-14-21(20)28-22/h4,6-11,13-16,22H,2-3,5,12,17H2,1H3,(H,25,26). The van der Waals surface area contributed by atoms with E-state index in [1.807, 2.05) is 36.4 Å². The van der Waals surface area contributed by atoms with Crippen LogP contribution in [0.15, 0.2) is 65.3 Å². The van der Waals surface area contributed by atoms with Crippen molar-refractivity contribution in [2.24, 2.45) is 5.10 Å². The number of carbonyl (C=O) groups is 1. The minimum Gasteiger partial charge on any atom is -0.485 e. The number of allylic oxidation sites excluding steroid dienone is 1. The Morgan fingerprint density at radius 1 is 1.11 bits per heavy atom. The van der Waals surface area contributed by atoms with E-state index in [0.29, 0.717) is 11.5 Å². The SMILES string of the molecule is CCCCCC(C=NNC(=O)C1COc2ccccc2O1)=Cc1ccccc1. The van der Waals surface area contributed by atoms with Gasteiger partial charge in [-0.05, 0) is 36.1 Å². The van der Waals surface area contributed by atoms with Crippen molar-refractivity contribution in [2.45, 2.75) is 38.7 Å². The summed E-state index contributed by atoms with van der Waals surface area (Å²) < 4.78 is 11.3. The smallest absolute Gasteiger partial charge is 0.284 e. The molecule has 1 unspecified atom stereocenters. The van der Waals surface area contributed by atoms with Gasteiger partial charge in [0.2, 0.25) is 6.10 Å². The molecule has 0 spiro atoms. The number of amides is 1. The summed E-state index contributed by atoms with van der Waals surface area (Å²) in [6, 6.07) is 17.4. The molecule has 146 valence electrons. The van der Waals surface area contributed by atoms with Gasteiger partial charge < -0.3 is 9.47 Å². The fourth-order valence-corrected chi connectivity index (χ4v) is 2.92. The zero-order valence-corrected chi connectivity index (χ0v) is 16.1. The van der Waals surface area contributed by atoms with Gasteiger partial charge in [0.25, 0.3) is 5.91 Å². The van der Waals surface area contributed by atoms with E-state index in [1.165, 1.54) is 6.42 Å². The maximum Gasteiger partial charge on any atom is 0.284 e. The minimum atomic E-state index is -0.714. The van der Waals surface area contributed by atoms with E-state index in [1.54, 1.807) is 12.3 Å². The number of unbranched alkanes of at least 4 members (excludes halogenated alkanes) is 2. The van der Waals surface area contributed by atoms with E-state index >= 15 is 0 Å². The molecule has 0 fully saturated rings. The highest BCUT2D eigenvalue weighted by Crippen LogP contribution is 2.30. The zero-order valence-electron chi connectivity index (χ0n) is 16.1. The van der Waals surface area contributed by atoms with E-state index in [-0.39, 0.29) is 12.5 Å². The molecule has 1 aliphatic rings. The van der Waals surface area contributed by atoms with Crippen molar-refractivity contribution in [3.05, 3.63) is 65.7 Å². The van der Waals surface area contributed by atoms with Crippen LogP contribution in [0.2, 0.25) is 0 Å². The fraction of sp³-hybridized carbons (Fsp3) is 0.304. The number of ether oxygens (including phenoxy) is 2. The Morgan fingerprint density at radius 2 is 1.86 bits per heavy atom. The van der Waals surface area contributed by atoms with Gasteiger partial charge in [0.05, 0.1) is 6.21 Å². The fourth-order valence-electron chi connectivity index (χ4n) is 2.92. The highest BCUT2D eigenvalue weighted by Gasteiger charge is 2.26. The molecule has 1 atom stereocenters. The van der Waals surface area contributed by atoms with Gasteiger partial charge in [-0.2, -0.15) is 5.10 Å². The van der Waals surface area contributed by atoms with Crippen LogP contribution in [-0.2, 0) is 4.79 Å². The highest BCUT2D eigenvalue weighted by atomic mass is 16.6. The number of carbonyl (C=O) groups excluding carboxylic acids is 1. The molecule has 5 heteroatoms. The first-order chi connectivity index (χ1) is 13.8. The van der Waals surface area contributed by atoms with Crippen molar-refractivity contribution in [3.8, 4) is 11.5 Å². The average Bonchev–Trinajstić information content (AvgIpc) is 2.74. The van der Waals surface area contributed by atoms with Crippen LogP contribution >= 0.6 is 0 Å². The summed E-state index contributed by atoms with van der Waals surface area (Å²) in [7, 11) is 0. The van der Waals surface area contributed by atoms with Gasteiger partial charge in [0.1, 0.15) is 6.61 Å². The summed E-state index contributed by atoms with van der Waals surface area (Å²) in [5.74, 6) is 0.902. The van der Waals surface area contributed by atoms with Crippen molar-refractivity contribution in [1.29, 1.82) is 0 Å². The molecule has 0 aliphatic carbocycles. The van der Waals surface area contributed by atoms with E-state index in [0.717, 1.165) is 30.4 Å². The van der Waals surface area contributed by atoms with Crippen LogP contribution < -0.4 is 14.9 Å². The highest BCUT2D eigenvalue weighted by molar-refractivity contribution is 5.87. The Morgan fingerprint density at radius 3 is 2.64 bits per heavy atom. The van der Waals surface area contributed by atoms with Crippen LogP contribution in [-0.4, -0.2) is 24.8 Å². The number of rotatable bonds is 8. The Balaban J connectivity index is 1.59. The summed E-state index contributed by atoms with van der Waals surface area (Å²) in [6.07, 6.45) is 7.43. The van der Waals surface area contributed by atoms with E-state index in [9.17, 15) is 4.79 Å². The quantitative estimate of drug-likeness (QED) is 0.415. The Hall–Kier alpha value is -3.08. The van der Waals surface area contributed by atoms with Gasteiger partial charge >= 0.3 is 0 Å². The molecule has 2 aromatic rings. The second kappa shape index (κ2) is 10.3. The number of fused-ring (bicyclic) bond motifs is 1. The van der Waals surface area contributed by atoms with E-state index < -0.39 is 6.10 Å². The Labute approximate surface area is 166 Å². The molecular formula is C23H26N2O3. The van der Waals surface area contributed by atoms with Gasteiger partial charge in [0, 0.05) is 0 Å². The molecule has 1 N–H and O–H groups in total. The lowest BCUT2D eigenvalue weighted by Gasteiger charge is -2.24. The monoisotopic (exact) mass is 378 g/mol. The minimum absolute atomic E-state index is 0.168. The van der Waals surface area contributed by atoms with Crippen molar-refractivity contribution in [3.63, 3.8) is 0 Å². The molecule has 0 saturated heterocycles. The third-order valence-electron chi connectivity index (χ3n) is 4.43. The lowest BCUT2D eigenvalue weighted by molar-refractivity contribution is -0.130. The van der Waals surface area contributed by atoms with Crippen LogP contribution in [0.25, 0.3) is 6.08 Å². The van der Waals surface area contributed by atoms with Gasteiger partial charge in [-0.3, -0.25) is 4.79 Å². The molecule has 1 heterocycles. The van der Waals surface area contributed by atoms with Crippen LogP contribution in [0, 0.1) is 0 Å². The molecule has 0 bridgehead atoms. The van der Waals surface area contributed by atoms with Gasteiger partial charge in [-0.1, -0.05) is 68.3 Å². The summed E-state index contributed by atoms with van der Waals surface area (Å²) in [6.45, 7) is 2.35. The third-order valence-corrected chi connectivity index (χ3v) is 4.43. The topological polar surface area (TPSA) is 59.9 Å². The molecule has 0 radical (unpaired) electrons. The van der Waals surface area contributed by atoms with E-state index in [2.05, 4.69) is 35.7 Å². The normalized spacial score (nSPS) is 16.2. The lowest BCUT2D eigenvalue weighted by atomic mass is 10.1. The molecular weight excluding hydrogens is 352 g/mol. The first-order valence-corrected chi connectivity index (χ1v) is 9.73. The number of para-hydroxylation sites is 2. The second-order valence-electron chi connectivity index (χ2n) is 6.69. The Bertz CT molecular complexity index is 831. The van der Waals surface area contributed by atoms with Gasteiger partial charge in [-0.25, -0.2) is 5.43 Å². The average molecular weight is 378 g/mol. The van der Waals surface area contributed by atoms with Crippen LogP contribution in [0.1, 0.15) is 38.2 Å². The van der Waals surface area contributed by atoms with E-state index in [4.69, 9.17) is 9.47 Å². The summed E-state index contributed by atoms with van der Waals surface area (Å²) in [5.41, 5.74) is 4.77. The number of hydrogen-bond acceptors (Lipinski definition) is 4. The van der Waals surface area contributed by atoms with Crippen LogP contribution in [0.4, 0.5) is 0 Å². The van der Waals surface area contributed by atoms with Crippen LogP contribution in [0.5, 0.6) is 11.5 Å². The number of hydrazone groups is 1. The Kier molecular flexibility index (Phi) is 7.24. The molecule has 0 saturated carbocycles. The van der Waals surface area contributed by atoms with Gasteiger partial charge in [-0.15, -0.1) is 0 Å². The van der Waals surface area contributed by atoms with Crippen molar-refractivity contribution in [1.82, 2.24) is 5.43 Å². The lowest BCUT2D eigenvalue weighted by Crippen LogP contribution is -2.42. The largest absolute Gasteiger partial charge is 0.485 e. The number of nitrogens with zero attached hydrogens (tertiary/aromatic N) is 1. The second-order valence-corrected chi connectivity index (χ2v) is 6.69. The molecule has 28 heavy (non-hydrogen) atoms. The molecule has 0 aromatic heterocycles.